The van der Waals surface area contributed by atoms with E-state index in [1.165, 1.54) is 13.2 Å². The fourth-order valence-corrected chi connectivity index (χ4v) is 4.24. The number of methoxy groups -OCH3 is 1. The number of ether oxygens (including phenoxy) is 1. The van der Waals surface area contributed by atoms with E-state index in [2.05, 4.69) is 20.0 Å². The Kier molecular flexibility index (Phi) is 4.77. The van der Waals surface area contributed by atoms with Gasteiger partial charge in [-0.15, -0.1) is 0 Å². The zero-order chi connectivity index (χ0) is 20.8. The van der Waals surface area contributed by atoms with Gasteiger partial charge in [0.1, 0.15) is 17.8 Å². The first-order valence-corrected chi connectivity index (χ1v) is 10.2. The first kappa shape index (κ1) is 19.2. The molecule has 2 saturated heterocycles. The molecule has 0 spiro atoms. The van der Waals surface area contributed by atoms with Gasteiger partial charge in [-0.05, 0) is 44.1 Å². The first-order chi connectivity index (χ1) is 14.5. The highest BCUT2D eigenvalue weighted by Crippen LogP contribution is 2.34. The number of nitrogens with zero attached hydrogens (tertiary/aromatic N) is 6. The van der Waals surface area contributed by atoms with Crippen LogP contribution in [0.25, 0.3) is 16.7 Å². The molecule has 0 bridgehead atoms. The molecule has 5 rings (SSSR count). The Labute approximate surface area is 173 Å². The van der Waals surface area contributed by atoms with Gasteiger partial charge in [-0.25, -0.2) is 13.5 Å². The normalized spacial score (nSPS) is 22.3. The summed E-state index contributed by atoms with van der Waals surface area (Å²) in [7, 11) is 3.41. The molecule has 0 aliphatic carbocycles. The third-order valence-electron chi connectivity index (χ3n) is 6.09. The Hall–Kier alpha value is -2.81. The van der Waals surface area contributed by atoms with Crippen LogP contribution < -0.4 is 9.64 Å². The van der Waals surface area contributed by atoms with E-state index in [1.807, 2.05) is 18.0 Å². The monoisotopic (exact) mass is 414 g/mol. The van der Waals surface area contributed by atoms with Crippen molar-refractivity contribution in [3.63, 3.8) is 0 Å². The van der Waals surface area contributed by atoms with Crippen LogP contribution in [0.2, 0.25) is 0 Å². The minimum Gasteiger partial charge on any atom is -0.467 e. The SMILES string of the molecule is COc1nc(N2CCC2)cc(-n2ncc3cc(F)c([C@H]4CCN(C)C[C@H]4F)cc32)n1. The van der Waals surface area contributed by atoms with Crippen molar-refractivity contribution in [1.29, 1.82) is 0 Å². The summed E-state index contributed by atoms with van der Waals surface area (Å²) in [6.45, 7) is 2.92. The van der Waals surface area contributed by atoms with Crippen molar-refractivity contribution in [2.24, 2.45) is 0 Å². The third kappa shape index (κ3) is 3.27. The second-order valence-electron chi connectivity index (χ2n) is 8.07. The summed E-state index contributed by atoms with van der Waals surface area (Å²) in [4.78, 5) is 12.9. The Bertz CT molecular complexity index is 1080. The van der Waals surface area contributed by atoms with Crippen LogP contribution >= 0.6 is 0 Å². The fraction of sp³-hybridized carbons (Fsp3) is 0.476. The van der Waals surface area contributed by atoms with E-state index in [9.17, 15) is 8.78 Å². The summed E-state index contributed by atoms with van der Waals surface area (Å²) in [5, 5.41) is 5.07. The van der Waals surface area contributed by atoms with Crippen molar-refractivity contribution in [3.8, 4) is 11.8 Å². The number of rotatable bonds is 4. The van der Waals surface area contributed by atoms with Crippen LogP contribution in [-0.4, -0.2) is 71.2 Å². The molecule has 2 fully saturated rings. The van der Waals surface area contributed by atoms with Gasteiger partial charge in [0.25, 0.3) is 0 Å². The fourth-order valence-electron chi connectivity index (χ4n) is 4.24. The van der Waals surface area contributed by atoms with Crippen LogP contribution in [-0.2, 0) is 0 Å². The van der Waals surface area contributed by atoms with Crippen molar-refractivity contribution in [1.82, 2.24) is 24.6 Å². The number of hydrogen-bond donors (Lipinski definition) is 0. The lowest BCUT2D eigenvalue weighted by Gasteiger charge is -2.32. The standard InChI is InChI=1S/C21H24F2N6O/c1-27-7-4-14(17(23)12-27)15-9-18-13(8-16(15)22)11-24-29(18)20-10-19(28-5-3-6-28)25-21(26-20)30-2/h8-11,14,17H,3-7,12H2,1-2H3/t14-,17-/m1/s1. The Morgan fingerprint density at radius 3 is 2.60 bits per heavy atom. The van der Waals surface area contributed by atoms with Crippen LogP contribution in [0.5, 0.6) is 6.01 Å². The van der Waals surface area contributed by atoms with Gasteiger partial charge in [0.15, 0.2) is 5.82 Å². The molecule has 2 atom stereocenters. The van der Waals surface area contributed by atoms with Crippen LogP contribution in [0.1, 0.15) is 24.3 Å². The smallest absolute Gasteiger partial charge is 0.320 e. The van der Waals surface area contributed by atoms with Gasteiger partial charge >= 0.3 is 6.01 Å². The number of anilines is 1. The summed E-state index contributed by atoms with van der Waals surface area (Å²) in [6, 6.07) is 5.26. The van der Waals surface area contributed by atoms with Crippen LogP contribution in [0.15, 0.2) is 24.4 Å². The number of hydrogen-bond acceptors (Lipinski definition) is 6. The second-order valence-corrected chi connectivity index (χ2v) is 8.07. The van der Waals surface area contributed by atoms with Gasteiger partial charge in [-0.3, -0.25) is 0 Å². The molecule has 1 aromatic carbocycles. The first-order valence-electron chi connectivity index (χ1n) is 10.2. The molecule has 0 unspecified atom stereocenters. The molecule has 4 heterocycles. The summed E-state index contributed by atoms with van der Waals surface area (Å²) in [6.07, 6.45) is 2.19. The van der Waals surface area contributed by atoms with E-state index in [0.717, 1.165) is 31.9 Å². The topological polar surface area (TPSA) is 59.3 Å². The minimum atomic E-state index is -1.11. The number of fused-ring (bicyclic) bond motifs is 1. The summed E-state index contributed by atoms with van der Waals surface area (Å²) >= 11 is 0. The number of likely N-dealkylation sites (tertiary alicyclic amines) is 1. The van der Waals surface area contributed by atoms with E-state index in [1.54, 1.807) is 16.9 Å². The zero-order valence-corrected chi connectivity index (χ0v) is 17.1. The van der Waals surface area contributed by atoms with E-state index in [4.69, 9.17) is 4.74 Å². The van der Waals surface area contributed by atoms with Gasteiger partial charge in [-0.1, -0.05) is 0 Å². The van der Waals surface area contributed by atoms with Crippen molar-refractivity contribution in [2.45, 2.75) is 24.9 Å². The average Bonchev–Trinajstić information content (AvgIpc) is 3.08. The molecule has 30 heavy (non-hydrogen) atoms. The molecule has 0 amide bonds. The largest absolute Gasteiger partial charge is 0.467 e. The predicted octanol–water partition coefficient (Wildman–Crippen LogP) is 2.93. The van der Waals surface area contributed by atoms with E-state index >= 15 is 0 Å². The van der Waals surface area contributed by atoms with Crippen LogP contribution in [0.3, 0.4) is 0 Å². The maximum Gasteiger partial charge on any atom is 0.320 e. The number of benzene rings is 1. The number of halogens is 2. The highest BCUT2D eigenvalue weighted by Gasteiger charge is 2.31. The second kappa shape index (κ2) is 7.46. The van der Waals surface area contributed by atoms with E-state index in [-0.39, 0.29) is 11.8 Å². The lowest BCUT2D eigenvalue weighted by Crippen LogP contribution is -2.38. The van der Waals surface area contributed by atoms with Crippen LogP contribution in [0, 0.1) is 5.82 Å². The molecule has 0 saturated carbocycles. The van der Waals surface area contributed by atoms with E-state index < -0.39 is 12.1 Å². The van der Waals surface area contributed by atoms with Gasteiger partial charge in [-0.2, -0.15) is 15.1 Å². The van der Waals surface area contributed by atoms with Crippen molar-refractivity contribution >= 4 is 16.7 Å². The summed E-state index contributed by atoms with van der Waals surface area (Å²) in [5.74, 6) is 0.455. The highest BCUT2D eigenvalue weighted by atomic mass is 19.1. The summed E-state index contributed by atoms with van der Waals surface area (Å²) < 4.78 is 36.5. The highest BCUT2D eigenvalue weighted by molar-refractivity contribution is 5.81. The molecule has 2 aliphatic heterocycles. The molecule has 9 heteroatoms. The lowest BCUT2D eigenvalue weighted by molar-refractivity contribution is 0.137. The van der Waals surface area contributed by atoms with Crippen molar-refractivity contribution in [3.05, 3.63) is 35.8 Å². The quantitative estimate of drug-likeness (QED) is 0.654. The Morgan fingerprint density at radius 2 is 1.90 bits per heavy atom. The molecule has 3 aromatic rings. The number of alkyl halides is 1. The molecular formula is C21H24F2N6O. The average molecular weight is 414 g/mol. The predicted molar refractivity (Wildman–Crippen MR) is 110 cm³/mol. The minimum absolute atomic E-state index is 0.250. The van der Waals surface area contributed by atoms with Gasteiger partial charge in [0, 0.05) is 37.0 Å². The van der Waals surface area contributed by atoms with Gasteiger partial charge in [0.2, 0.25) is 0 Å². The molecule has 2 aliphatic rings. The van der Waals surface area contributed by atoms with Gasteiger partial charge < -0.3 is 14.5 Å². The number of piperidine rings is 1. The molecule has 158 valence electrons. The molecule has 7 nitrogen and oxygen atoms in total. The summed E-state index contributed by atoms with van der Waals surface area (Å²) in [5.41, 5.74) is 1.08. The molecule has 2 aromatic heterocycles. The third-order valence-corrected chi connectivity index (χ3v) is 6.09. The van der Waals surface area contributed by atoms with Crippen molar-refractivity contribution < 1.29 is 13.5 Å². The van der Waals surface area contributed by atoms with E-state index in [0.29, 0.717) is 35.2 Å². The Balaban J connectivity index is 1.59. The molecular weight excluding hydrogens is 390 g/mol. The Morgan fingerprint density at radius 1 is 1.10 bits per heavy atom. The maximum absolute atomic E-state index is 14.9. The van der Waals surface area contributed by atoms with Crippen LogP contribution in [0.4, 0.5) is 14.6 Å². The maximum atomic E-state index is 14.9. The zero-order valence-electron chi connectivity index (χ0n) is 17.1. The van der Waals surface area contributed by atoms with Gasteiger partial charge in [0.05, 0.1) is 18.8 Å². The lowest BCUT2D eigenvalue weighted by atomic mass is 9.87. The molecule has 0 radical (unpaired) electrons. The number of aromatic nitrogens is 4. The van der Waals surface area contributed by atoms with Crippen molar-refractivity contribution in [2.75, 3.05) is 45.2 Å². The molecule has 0 N–H and O–H groups in total.